The highest BCUT2D eigenvalue weighted by molar-refractivity contribution is 5.91. The normalized spacial score (nSPS) is 46.9. The van der Waals surface area contributed by atoms with E-state index in [2.05, 4.69) is 5.92 Å². The highest BCUT2D eigenvalue weighted by Crippen LogP contribution is 2.64. The van der Waals surface area contributed by atoms with E-state index in [4.69, 9.17) is 6.42 Å². The zero-order valence-electron chi connectivity index (χ0n) is 14.1. The Morgan fingerprint density at radius 3 is 2.78 bits per heavy atom. The lowest BCUT2D eigenvalue weighted by molar-refractivity contribution is -0.116. The first-order valence-corrected chi connectivity index (χ1v) is 9.45. The van der Waals surface area contributed by atoms with Crippen molar-refractivity contribution in [2.45, 2.75) is 64.4 Å². The Morgan fingerprint density at radius 2 is 2.04 bits per heavy atom. The van der Waals surface area contributed by atoms with Crippen LogP contribution in [-0.4, -0.2) is 17.0 Å². The molecule has 2 nitrogen and oxygen atoms in total. The number of terminal acetylenes is 1. The van der Waals surface area contributed by atoms with Crippen LogP contribution in [-0.2, 0) is 4.79 Å². The molecule has 3 fully saturated rings. The fourth-order valence-corrected chi connectivity index (χ4v) is 6.96. The summed E-state index contributed by atoms with van der Waals surface area (Å²) >= 11 is 0. The Balaban J connectivity index is 1.66. The third kappa shape index (κ3) is 2.09. The lowest BCUT2D eigenvalue weighted by atomic mass is 9.49. The summed E-state index contributed by atoms with van der Waals surface area (Å²) in [6.45, 7) is 1.97. The first kappa shape index (κ1) is 15.5. The van der Waals surface area contributed by atoms with Crippen LogP contribution in [0.5, 0.6) is 0 Å². The average molecular weight is 312 g/mol. The zero-order chi connectivity index (χ0) is 16.2. The van der Waals surface area contributed by atoms with Gasteiger partial charge in [0.1, 0.15) is 0 Å². The van der Waals surface area contributed by atoms with Gasteiger partial charge in [0.2, 0.25) is 0 Å². The molecule has 0 spiro atoms. The van der Waals surface area contributed by atoms with Gasteiger partial charge in [-0.05, 0) is 81.6 Å². The molecule has 1 N–H and O–H groups in total. The van der Waals surface area contributed by atoms with Crippen molar-refractivity contribution in [1.29, 1.82) is 0 Å². The fourth-order valence-electron chi connectivity index (χ4n) is 6.96. The number of hydrogen-bond donors (Lipinski definition) is 1. The number of allylic oxidation sites excluding steroid dienone is 1. The van der Waals surface area contributed by atoms with E-state index in [9.17, 15) is 9.90 Å². The number of carbonyl (C=O) groups excluding carboxylic acids is 1. The van der Waals surface area contributed by atoms with Gasteiger partial charge >= 0.3 is 0 Å². The Labute approximate surface area is 139 Å². The Kier molecular flexibility index (Phi) is 3.69. The lowest BCUT2D eigenvalue weighted by Crippen LogP contribution is -2.52. The maximum Gasteiger partial charge on any atom is 0.155 e. The van der Waals surface area contributed by atoms with Crippen LogP contribution < -0.4 is 0 Å². The molecular formula is C21H28O2. The molecule has 0 aromatic heterocycles. The number of fused-ring (bicyclic) bond motifs is 5. The number of carbonyl (C=O) groups is 1. The van der Waals surface area contributed by atoms with Crippen LogP contribution in [0.2, 0.25) is 0 Å². The van der Waals surface area contributed by atoms with Crippen molar-refractivity contribution in [3.8, 4) is 12.3 Å². The van der Waals surface area contributed by atoms with E-state index in [-0.39, 0.29) is 17.4 Å². The summed E-state index contributed by atoms with van der Waals surface area (Å²) in [7, 11) is 0. The minimum absolute atomic E-state index is 0.0401. The van der Waals surface area contributed by atoms with E-state index in [0.717, 1.165) is 38.0 Å². The second kappa shape index (κ2) is 5.49. The molecule has 23 heavy (non-hydrogen) atoms. The molecule has 4 rings (SSSR count). The van der Waals surface area contributed by atoms with Crippen molar-refractivity contribution in [1.82, 2.24) is 0 Å². The third-order valence-corrected chi connectivity index (χ3v) is 7.87. The minimum Gasteiger partial charge on any atom is -0.393 e. The Morgan fingerprint density at radius 1 is 1.22 bits per heavy atom. The molecule has 0 saturated heterocycles. The summed E-state index contributed by atoms with van der Waals surface area (Å²) in [4.78, 5) is 11.8. The van der Waals surface area contributed by atoms with Gasteiger partial charge in [-0.25, -0.2) is 0 Å². The van der Waals surface area contributed by atoms with E-state index in [1.165, 1.54) is 24.8 Å². The number of hydrogen-bond acceptors (Lipinski definition) is 2. The van der Waals surface area contributed by atoms with E-state index < -0.39 is 0 Å². The molecule has 0 aliphatic heterocycles. The molecule has 0 heterocycles. The third-order valence-electron chi connectivity index (χ3n) is 7.87. The molecule has 0 bridgehead atoms. The maximum atomic E-state index is 11.8. The predicted octanol–water partition coefficient (Wildman–Crippen LogP) is 3.74. The van der Waals surface area contributed by atoms with Crippen LogP contribution in [0.4, 0.5) is 0 Å². The molecular weight excluding hydrogens is 284 g/mol. The number of ketones is 1. The van der Waals surface area contributed by atoms with Gasteiger partial charge in [0.15, 0.2) is 5.78 Å². The summed E-state index contributed by atoms with van der Waals surface area (Å²) in [5.41, 5.74) is 1.39. The van der Waals surface area contributed by atoms with Gasteiger partial charge in [0, 0.05) is 17.8 Å². The average Bonchev–Trinajstić information content (AvgIpc) is 2.94. The van der Waals surface area contributed by atoms with E-state index in [1.54, 1.807) is 0 Å². The van der Waals surface area contributed by atoms with Crippen LogP contribution in [0.3, 0.4) is 0 Å². The van der Waals surface area contributed by atoms with Crippen molar-refractivity contribution in [3.63, 3.8) is 0 Å². The molecule has 2 heteroatoms. The molecule has 0 aromatic rings. The topological polar surface area (TPSA) is 37.3 Å². The van der Waals surface area contributed by atoms with Crippen LogP contribution in [0.15, 0.2) is 11.6 Å². The molecule has 0 radical (unpaired) electrons. The molecule has 124 valence electrons. The quantitative estimate of drug-likeness (QED) is 0.749. The highest BCUT2D eigenvalue weighted by Gasteiger charge is 2.60. The summed E-state index contributed by atoms with van der Waals surface area (Å²) in [5.74, 6) is 6.24. The largest absolute Gasteiger partial charge is 0.393 e. The minimum atomic E-state index is -0.304. The van der Waals surface area contributed by atoms with Crippen molar-refractivity contribution < 1.29 is 9.90 Å². The van der Waals surface area contributed by atoms with Crippen LogP contribution in [0.25, 0.3) is 0 Å². The Bertz CT molecular complexity index is 581. The maximum absolute atomic E-state index is 11.8. The monoisotopic (exact) mass is 312 g/mol. The van der Waals surface area contributed by atoms with Crippen molar-refractivity contribution in [2.75, 3.05) is 0 Å². The van der Waals surface area contributed by atoms with Crippen LogP contribution in [0.1, 0.15) is 58.3 Å². The second-order valence-electron chi connectivity index (χ2n) is 8.43. The summed E-state index contributed by atoms with van der Waals surface area (Å²) in [6.07, 6.45) is 16.1. The first-order chi connectivity index (χ1) is 11.1. The molecule has 4 aliphatic carbocycles. The summed E-state index contributed by atoms with van der Waals surface area (Å²) < 4.78 is 0. The van der Waals surface area contributed by atoms with Gasteiger partial charge in [-0.3, -0.25) is 4.79 Å². The molecule has 4 aliphatic rings. The molecule has 0 amide bonds. The smallest absolute Gasteiger partial charge is 0.155 e. The number of rotatable bonds is 1. The van der Waals surface area contributed by atoms with Gasteiger partial charge in [-0.2, -0.15) is 0 Å². The molecule has 0 aromatic carbocycles. The number of aliphatic hydroxyl groups excluding tert-OH is 1. The lowest BCUT2D eigenvalue weighted by Gasteiger charge is -2.55. The van der Waals surface area contributed by atoms with Crippen LogP contribution in [0, 0.1) is 47.3 Å². The second-order valence-corrected chi connectivity index (χ2v) is 8.43. The molecule has 7 atom stereocenters. The van der Waals surface area contributed by atoms with Crippen molar-refractivity contribution in [3.05, 3.63) is 11.6 Å². The van der Waals surface area contributed by atoms with Gasteiger partial charge in [0.05, 0.1) is 6.10 Å². The molecule has 1 unspecified atom stereocenters. The summed E-state index contributed by atoms with van der Waals surface area (Å²) in [5, 5.41) is 10.6. The summed E-state index contributed by atoms with van der Waals surface area (Å²) in [6, 6.07) is 0. The first-order valence-electron chi connectivity index (χ1n) is 9.45. The predicted molar refractivity (Wildman–Crippen MR) is 90.4 cm³/mol. The Hall–Kier alpha value is -1.07. The van der Waals surface area contributed by atoms with Gasteiger partial charge in [0.25, 0.3) is 0 Å². The fraction of sp³-hybridized carbons (Fsp3) is 0.762. The highest BCUT2D eigenvalue weighted by atomic mass is 16.3. The van der Waals surface area contributed by atoms with Crippen molar-refractivity contribution >= 4 is 5.78 Å². The van der Waals surface area contributed by atoms with Gasteiger partial charge in [-0.1, -0.05) is 5.57 Å². The standard InChI is InChI=1S/C21H28O2/c1-3-15-5-9-20-19-7-4-14-12-16(23)6-8-17(14)18(19)10-11-21(15,20)13(2)22/h1,12-13,15,17-20,22H,4-11H2,2H3/t13?,15-,17-,18+,19+,20-,21-/m0/s1. The molecule has 3 saturated carbocycles. The van der Waals surface area contributed by atoms with Crippen molar-refractivity contribution in [2.24, 2.45) is 35.0 Å². The van der Waals surface area contributed by atoms with Gasteiger partial charge in [-0.15, -0.1) is 12.3 Å². The van der Waals surface area contributed by atoms with Gasteiger partial charge < -0.3 is 5.11 Å². The SMILES string of the molecule is C#C[C@H]1CC[C@H]2[C@@H]3CCC4=CC(=O)CC[C@@H]4[C@H]3CC[C@]12C(C)O. The zero-order valence-corrected chi connectivity index (χ0v) is 14.1. The number of aliphatic hydroxyl groups is 1. The van der Waals surface area contributed by atoms with Crippen LogP contribution >= 0.6 is 0 Å². The van der Waals surface area contributed by atoms with E-state index in [1.807, 2.05) is 13.0 Å². The van der Waals surface area contributed by atoms with E-state index in [0.29, 0.717) is 23.5 Å². The van der Waals surface area contributed by atoms with E-state index >= 15 is 0 Å².